The predicted octanol–water partition coefficient (Wildman–Crippen LogP) is 2.25. The molecule has 14 heavy (non-hydrogen) atoms. The Bertz CT molecular complexity index is 258. The molecule has 0 radical (unpaired) electrons. The Morgan fingerprint density at radius 2 is 2.50 bits per heavy atom. The molecule has 3 heteroatoms. The van der Waals surface area contributed by atoms with E-state index in [2.05, 4.69) is 24.9 Å². The minimum Gasteiger partial charge on any atom is -0.450 e. The molecule has 0 saturated heterocycles. The molecule has 1 aliphatic carbocycles. The van der Waals surface area contributed by atoms with Crippen molar-refractivity contribution in [2.24, 2.45) is 5.92 Å². The van der Waals surface area contributed by atoms with Crippen molar-refractivity contribution in [3.05, 3.63) is 24.3 Å². The molecule has 1 aliphatic rings. The van der Waals surface area contributed by atoms with Gasteiger partial charge in [0, 0.05) is 6.04 Å². The van der Waals surface area contributed by atoms with Gasteiger partial charge in [0.05, 0.1) is 6.61 Å². The van der Waals surface area contributed by atoms with Crippen molar-refractivity contribution in [3.8, 4) is 0 Å². The molecular weight excluding hydrogens is 178 g/mol. The summed E-state index contributed by atoms with van der Waals surface area (Å²) in [6.45, 7) is 8.14. The minimum atomic E-state index is -0.340. The van der Waals surface area contributed by atoms with Gasteiger partial charge < -0.3 is 10.1 Å². The highest BCUT2D eigenvalue weighted by atomic mass is 16.5. The first-order valence-electron chi connectivity index (χ1n) is 4.92. The Balaban J connectivity index is 2.48. The first-order valence-corrected chi connectivity index (χ1v) is 4.92. The summed E-state index contributed by atoms with van der Waals surface area (Å²) in [6, 6.07) is 0.117. The van der Waals surface area contributed by atoms with E-state index < -0.39 is 0 Å². The fourth-order valence-electron chi connectivity index (χ4n) is 1.47. The summed E-state index contributed by atoms with van der Waals surface area (Å²) in [6.07, 6.45) is 4.53. The van der Waals surface area contributed by atoms with E-state index in [0.717, 1.165) is 12.0 Å². The van der Waals surface area contributed by atoms with Gasteiger partial charge in [-0.15, -0.1) is 0 Å². The highest BCUT2D eigenvalue weighted by Gasteiger charge is 2.21. The van der Waals surface area contributed by atoms with Crippen molar-refractivity contribution in [3.63, 3.8) is 0 Å². The van der Waals surface area contributed by atoms with Crippen molar-refractivity contribution in [1.82, 2.24) is 5.32 Å². The average Bonchev–Trinajstić information content (AvgIpc) is 2.12. The molecular formula is C11H17NO2. The van der Waals surface area contributed by atoms with Gasteiger partial charge in [-0.05, 0) is 19.3 Å². The van der Waals surface area contributed by atoms with Crippen LogP contribution in [-0.2, 0) is 4.74 Å². The van der Waals surface area contributed by atoms with Gasteiger partial charge in [-0.1, -0.05) is 31.2 Å². The normalized spacial score (nSPS) is 26.0. The summed E-state index contributed by atoms with van der Waals surface area (Å²) in [4.78, 5) is 11.2. The summed E-state index contributed by atoms with van der Waals surface area (Å²) in [5.74, 6) is 0.338. The van der Waals surface area contributed by atoms with Gasteiger partial charge >= 0.3 is 6.09 Å². The highest BCUT2D eigenvalue weighted by molar-refractivity contribution is 5.67. The Morgan fingerprint density at radius 1 is 1.79 bits per heavy atom. The number of hydrogen-bond donors (Lipinski definition) is 1. The Labute approximate surface area is 84.8 Å². The second-order valence-corrected chi connectivity index (χ2v) is 3.55. The lowest BCUT2D eigenvalue weighted by Gasteiger charge is -2.26. The quantitative estimate of drug-likeness (QED) is 0.734. The van der Waals surface area contributed by atoms with E-state index in [1.54, 1.807) is 6.92 Å². The molecule has 1 amide bonds. The maximum Gasteiger partial charge on any atom is 0.407 e. The number of hydrogen-bond acceptors (Lipinski definition) is 2. The molecule has 0 aromatic carbocycles. The third-order valence-corrected chi connectivity index (χ3v) is 2.33. The van der Waals surface area contributed by atoms with Crippen molar-refractivity contribution >= 4 is 6.09 Å². The van der Waals surface area contributed by atoms with E-state index in [4.69, 9.17) is 4.74 Å². The number of rotatable bonds is 2. The zero-order chi connectivity index (χ0) is 10.6. The average molecular weight is 195 g/mol. The van der Waals surface area contributed by atoms with Gasteiger partial charge in [0.25, 0.3) is 0 Å². The number of alkyl carbamates (subject to hydrolysis) is 1. The molecule has 0 spiro atoms. The van der Waals surface area contributed by atoms with E-state index in [1.807, 2.05) is 6.08 Å². The van der Waals surface area contributed by atoms with Crippen LogP contribution >= 0.6 is 0 Å². The molecule has 1 rings (SSSR count). The first kappa shape index (κ1) is 10.8. The summed E-state index contributed by atoms with van der Waals surface area (Å²) < 4.78 is 4.82. The molecule has 78 valence electrons. The molecule has 0 aliphatic heterocycles. The van der Waals surface area contributed by atoms with Gasteiger partial charge in [0.15, 0.2) is 0 Å². The number of carbonyl (C=O) groups excluding carboxylic acids is 1. The standard InChI is InChI=1S/C11H17NO2/c1-4-14-11(13)12-10-7-8(2)5-6-9(10)3/h5-6,9-10H,2,4,7H2,1,3H3,(H,12,13)/t9?,10-/m1/s1. The van der Waals surface area contributed by atoms with Crippen molar-refractivity contribution < 1.29 is 9.53 Å². The first-order chi connectivity index (χ1) is 6.63. The minimum absolute atomic E-state index is 0.117. The van der Waals surface area contributed by atoms with Crippen molar-refractivity contribution in [2.75, 3.05) is 6.61 Å². The molecule has 0 heterocycles. The lowest BCUT2D eigenvalue weighted by Crippen LogP contribution is -2.40. The molecule has 0 saturated carbocycles. The van der Waals surface area contributed by atoms with E-state index in [1.165, 1.54) is 0 Å². The monoisotopic (exact) mass is 195 g/mol. The number of carbonyl (C=O) groups is 1. The molecule has 3 nitrogen and oxygen atoms in total. The Morgan fingerprint density at radius 3 is 3.14 bits per heavy atom. The fraction of sp³-hybridized carbons (Fsp3) is 0.545. The van der Waals surface area contributed by atoms with Crippen LogP contribution in [-0.4, -0.2) is 18.7 Å². The lowest BCUT2D eigenvalue weighted by molar-refractivity contribution is 0.145. The largest absolute Gasteiger partial charge is 0.450 e. The van der Waals surface area contributed by atoms with E-state index >= 15 is 0 Å². The second-order valence-electron chi connectivity index (χ2n) is 3.55. The maximum absolute atomic E-state index is 11.2. The third-order valence-electron chi connectivity index (χ3n) is 2.33. The molecule has 1 unspecified atom stereocenters. The fourth-order valence-corrected chi connectivity index (χ4v) is 1.47. The Hall–Kier alpha value is -1.25. The lowest BCUT2D eigenvalue weighted by atomic mass is 9.89. The molecule has 0 aromatic heterocycles. The van der Waals surface area contributed by atoms with Crippen LogP contribution in [0.1, 0.15) is 20.3 Å². The van der Waals surface area contributed by atoms with Gasteiger partial charge in [0.1, 0.15) is 0 Å². The van der Waals surface area contributed by atoms with Gasteiger partial charge in [0.2, 0.25) is 0 Å². The van der Waals surface area contributed by atoms with E-state index in [0.29, 0.717) is 12.5 Å². The van der Waals surface area contributed by atoms with Crippen LogP contribution in [0.2, 0.25) is 0 Å². The second kappa shape index (κ2) is 4.84. The van der Waals surface area contributed by atoms with Gasteiger partial charge in [-0.25, -0.2) is 4.79 Å². The number of nitrogens with one attached hydrogen (secondary N) is 1. The zero-order valence-electron chi connectivity index (χ0n) is 8.75. The van der Waals surface area contributed by atoms with Crippen LogP contribution in [0.25, 0.3) is 0 Å². The van der Waals surface area contributed by atoms with Crippen LogP contribution in [0.3, 0.4) is 0 Å². The number of amides is 1. The predicted molar refractivity (Wildman–Crippen MR) is 56.0 cm³/mol. The van der Waals surface area contributed by atoms with Crippen LogP contribution in [0.5, 0.6) is 0 Å². The van der Waals surface area contributed by atoms with Crippen LogP contribution in [0, 0.1) is 5.92 Å². The van der Waals surface area contributed by atoms with E-state index in [-0.39, 0.29) is 12.1 Å². The maximum atomic E-state index is 11.2. The van der Waals surface area contributed by atoms with Gasteiger partial charge in [-0.3, -0.25) is 0 Å². The number of allylic oxidation sites excluding steroid dienone is 1. The van der Waals surface area contributed by atoms with Crippen molar-refractivity contribution in [1.29, 1.82) is 0 Å². The van der Waals surface area contributed by atoms with Crippen molar-refractivity contribution in [2.45, 2.75) is 26.3 Å². The van der Waals surface area contributed by atoms with E-state index in [9.17, 15) is 4.79 Å². The summed E-state index contributed by atoms with van der Waals surface area (Å²) in [5.41, 5.74) is 1.05. The van der Waals surface area contributed by atoms with Gasteiger partial charge in [-0.2, -0.15) is 0 Å². The molecule has 0 bridgehead atoms. The SMILES string of the molecule is C=C1C=CC(C)[C@H](NC(=O)OCC)C1. The Kier molecular flexibility index (Phi) is 3.74. The molecule has 2 atom stereocenters. The van der Waals surface area contributed by atoms with Crippen LogP contribution in [0.15, 0.2) is 24.3 Å². The summed E-state index contributed by atoms with van der Waals surface area (Å²) >= 11 is 0. The zero-order valence-corrected chi connectivity index (χ0v) is 8.75. The number of ether oxygens (including phenoxy) is 1. The van der Waals surface area contributed by atoms with Crippen LogP contribution in [0.4, 0.5) is 4.79 Å². The van der Waals surface area contributed by atoms with Crippen LogP contribution < -0.4 is 5.32 Å². The molecule has 1 N–H and O–H groups in total. The molecule has 0 aromatic rings. The highest BCUT2D eigenvalue weighted by Crippen LogP contribution is 2.20. The topological polar surface area (TPSA) is 38.3 Å². The molecule has 0 fully saturated rings. The third kappa shape index (κ3) is 2.91. The summed E-state index contributed by atoms with van der Waals surface area (Å²) in [5, 5.41) is 2.83. The summed E-state index contributed by atoms with van der Waals surface area (Å²) in [7, 11) is 0. The smallest absolute Gasteiger partial charge is 0.407 e.